The fourth-order valence-corrected chi connectivity index (χ4v) is 4.50. The third-order valence-electron chi connectivity index (χ3n) is 6.14. The molecule has 0 radical (unpaired) electrons. The van der Waals surface area contributed by atoms with Crippen molar-refractivity contribution in [1.82, 2.24) is 0 Å². The van der Waals surface area contributed by atoms with E-state index in [2.05, 4.69) is 0 Å². The molecule has 0 spiro atoms. The van der Waals surface area contributed by atoms with Crippen molar-refractivity contribution in [2.45, 2.75) is 18.6 Å². The second-order valence-electron chi connectivity index (χ2n) is 8.29. The van der Waals surface area contributed by atoms with Crippen LogP contribution < -0.4 is 4.90 Å². The highest BCUT2D eigenvalue weighted by atomic mass is 16.3. The number of para-hydroxylation sites is 1. The van der Waals surface area contributed by atoms with Crippen molar-refractivity contribution in [2.24, 2.45) is 0 Å². The van der Waals surface area contributed by atoms with Gasteiger partial charge < -0.3 is 10.0 Å². The number of anilines is 1. The van der Waals surface area contributed by atoms with Crippen LogP contribution in [0.2, 0.25) is 0 Å². The molecule has 0 aromatic heterocycles. The monoisotopic (exact) mass is 433 g/mol. The Bertz CT molecular complexity index is 1370. The van der Waals surface area contributed by atoms with Gasteiger partial charge in [-0.15, -0.1) is 0 Å². The van der Waals surface area contributed by atoms with Crippen LogP contribution in [0.15, 0.2) is 103 Å². The van der Waals surface area contributed by atoms with E-state index in [0.717, 1.165) is 21.9 Å². The predicted octanol–water partition coefficient (Wildman–Crippen LogP) is 5.25. The second kappa shape index (κ2) is 8.49. The second-order valence-corrected chi connectivity index (χ2v) is 8.29. The van der Waals surface area contributed by atoms with Gasteiger partial charge in [0.2, 0.25) is 0 Å². The summed E-state index contributed by atoms with van der Waals surface area (Å²) in [6.45, 7) is 0.313. The zero-order valence-corrected chi connectivity index (χ0v) is 18.0. The van der Waals surface area contributed by atoms with Gasteiger partial charge in [0, 0.05) is 5.56 Å². The minimum absolute atomic E-state index is 0.307. The molecule has 0 aliphatic carbocycles. The van der Waals surface area contributed by atoms with Crippen LogP contribution in [0.4, 0.5) is 5.69 Å². The molecule has 1 N–H and O–H groups in total. The zero-order chi connectivity index (χ0) is 22.8. The minimum Gasteiger partial charge on any atom is -0.375 e. The lowest BCUT2D eigenvalue weighted by Crippen LogP contribution is -2.41. The summed E-state index contributed by atoms with van der Waals surface area (Å²) in [5.41, 5.74) is 1.08. The first kappa shape index (κ1) is 20.9. The molecule has 5 rings (SSSR count). The van der Waals surface area contributed by atoms with Crippen LogP contribution in [0, 0.1) is 0 Å². The zero-order valence-electron chi connectivity index (χ0n) is 18.0. The molecule has 162 valence electrons. The molecule has 0 saturated heterocycles. The van der Waals surface area contributed by atoms with Crippen molar-refractivity contribution in [2.75, 3.05) is 4.90 Å². The van der Waals surface area contributed by atoms with E-state index >= 15 is 0 Å². The van der Waals surface area contributed by atoms with Crippen LogP contribution in [0.3, 0.4) is 0 Å². The van der Waals surface area contributed by atoms with Crippen molar-refractivity contribution in [3.05, 3.63) is 120 Å². The summed E-state index contributed by atoms with van der Waals surface area (Å²) in [6.07, 6.45) is 2.82. The molecule has 0 bridgehead atoms. The summed E-state index contributed by atoms with van der Waals surface area (Å²) < 4.78 is 0. The molecule has 1 amide bonds. The molecule has 1 aliphatic heterocycles. The Morgan fingerprint density at radius 2 is 1.55 bits per heavy atom. The number of hydrogen-bond acceptors (Lipinski definition) is 3. The number of nitrogens with zero attached hydrogens (tertiary/aromatic N) is 1. The van der Waals surface area contributed by atoms with Gasteiger partial charge in [0.1, 0.15) is 0 Å². The van der Waals surface area contributed by atoms with E-state index in [4.69, 9.17) is 0 Å². The molecular formula is C29H23NO3. The highest BCUT2D eigenvalue weighted by Crippen LogP contribution is 2.43. The largest absolute Gasteiger partial charge is 0.375 e. The smallest absolute Gasteiger partial charge is 0.264 e. The quantitative estimate of drug-likeness (QED) is 0.423. The van der Waals surface area contributed by atoms with E-state index in [9.17, 15) is 14.7 Å². The van der Waals surface area contributed by atoms with Crippen molar-refractivity contribution in [3.63, 3.8) is 0 Å². The number of benzene rings is 4. The van der Waals surface area contributed by atoms with Gasteiger partial charge in [-0.1, -0.05) is 97.1 Å². The van der Waals surface area contributed by atoms with E-state index < -0.39 is 11.5 Å². The number of ketones is 1. The number of carbonyl (C=O) groups excluding carboxylic acids is 2. The van der Waals surface area contributed by atoms with Gasteiger partial charge in [0.15, 0.2) is 11.4 Å². The van der Waals surface area contributed by atoms with Crippen molar-refractivity contribution in [3.8, 4) is 0 Å². The number of aliphatic hydroxyl groups is 1. The number of fused-ring (bicyclic) bond motifs is 2. The SMILES string of the molecule is O=C(/C=C\c1ccccc1)C[C@]1(O)C(=O)N(Cc2cccc3ccccc23)c2ccccc21. The molecular weight excluding hydrogens is 410 g/mol. The number of hydrogen-bond donors (Lipinski definition) is 1. The van der Waals surface area contributed by atoms with Gasteiger partial charge in [-0.2, -0.15) is 0 Å². The Morgan fingerprint density at radius 1 is 0.848 bits per heavy atom. The van der Waals surface area contributed by atoms with Gasteiger partial charge >= 0.3 is 0 Å². The first-order valence-corrected chi connectivity index (χ1v) is 10.9. The lowest BCUT2D eigenvalue weighted by Gasteiger charge is -2.23. The summed E-state index contributed by atoms with van der Waals surface area (Å²) in [4.78, 5) is 27.9. The van der Waals surface area contributed by atoms with E-state index in [1.54, 1.807) is 23.1 Å². The summed E-state index contributed by atoms with van der Waals surface area (Å²) in [5.74, 6) is -0.783. The standard InChI is InChI=1S/C29H23NO3/c31-24(18-17-21-9-2-1-3-10-21)19-29(33)26-15-6-7-16-27(26)30(28(29)32)20-23-13-8-12-22-11-4-5-14-25(22)23/h1-18,33H,19-20H2/b18-17-/t29-/m1/s1. The van der Waals surface area contributed by atoms with E-state index in [-0.39, 0.29) is 12.2 Å². The normalized spacial score (nSPS) is 17.6. The summed E-state index contributed by atoms with van der Waals surface area (Å²) in [6, 6.07) is 30.6. The summed E-state index contributed by atoms with van der Waals surface area (Å²) >= 11 is 0. The first-order valence-electron chi connectivity index (χ1n) is 10.9. The predicted molar refractivity (Wildman–Crippen MR) is 131 cm³/mol. The summed E-state index contributed by atoms with van der Waals surface area (Å²) in [5, 5.41) is 13.6. The maximum absolute atomic E-state index is 13.5. The van der Waals surface area contributed by atoms with Crippen molar-refractivity contribution < 1.29 is 14.7 Å². The van der Waals surface area contributed by atoms with Crippen LogP contribution in [0.1, 0.15) is 23.1 Å². The molecule has 4 heteroatoms. The average Bonchev–Trinajstić information content (AvgIpc) is 3.05. The third-order valence-corrected chi connectivity index (χ3v) is 6.14. The molecule has 1 aliphatic rings. The Morgan fingerprint density at radius 3 is 2.39 bits per heavy atom. The molecule has 0 fully saturated rings. The van der Waals surface area contributed by atoms with Crippen LogP contribution in [0.5, 0.6) is 0 Å². The molecule has 33 heavy (non-hydrogen) atoms. The Balaban J connectivity index is 1.45. The van der Waals surface area contributed by atoms with E-state index in [1.165, 1.54) is 6.08 Å². The Kier molecular flexibility index (Phi) is 5.37. The van der Waals surface area contributed by atoms with Gasteiger partial charge in [0.05, 0.1) is 18.7 Å². The lowest BCUT2D eigenvalue weighted by molar-refractivity contribution is -0.140. The molecule has 4 aromatic rings. The highest BCUT2D eigenvalue weighted by Gasteiger charge is 2.50. The molecule has 4 aromatic carbocycles. The van der Waals surface area contributed by atoms with Gasteiger partial charge in [-0.05, 0) is 34.0 Å². The average molecular weight is 434 g/mol. The lowest BCUT2D eigenvalue weighted by atomic mass is 9.89. The minimum atomic E-state index is -1.89. The molecule has 1 atom stereocenters. The third kappa shape index (κ3) is 3.86. The fourth-order valence-electron chi connectivity index (χ4n) is 4.50. The topological polar surface area (TPSA) is 57.6 Å². The van der Waals surface area contributed by atoms with E-state index in [1.807, 2.05) is 84.9 Å². The number of rotatable bonds is 6. The van der Waals surface area contributed by atoms with Gasteiger partial charge in [-0.25, -0.2) is 0 Å². The molecule has 0 saturated carbocycles. The molecule has 1 heterocycles. The van der Waals surface area contributed by atoms with Crippen molar-refractivity contribution in [1.29, 1.82) is 0 Å². The van der Waals surface area contributed by atoms with Gasteiger partial charge in [0.25, 0.3) is 5.91 Å². The summed E-state index contributed by atoms with van der Waals surface area (Å²) in [7, 11) is 0. The number of allylic oxidation sites excluding steroid dienone is 1. The maximum Gasteiger partial charge on any atom is 0.264 e. The van der Waals surface area contributed by atoms with Gasteiger partial charge in [-0.3, -0.25) is 9.59 Å². The number of carbonyl (C=O) groups is 2. The molecule has 4 nitrogen and oxygen atoms in total. The fraction of sp³-hybridized carbons (Fsp3) is 0.103. The number of amides is 1. The Labute approximate surface area is 192 Å². The maximum atomic E-state index is 13.5. The first-order chi connectivity index (χ1) is 16.1. The van der Waals surface area contributed by atoms with Crippen molar-refractivity contribution >= 4 is 34.2 Å². The van der Waals surface area contributed by atoms with Crippen LogP contribution in [-0.4, -0.2) is 16.8 Å². The Hall–Kier alpha value is -4.02. The molecule has 0 unspecified atom stereocenters. The highest BCUT2D eigenvalue weighted by molar-refractivity contribution is 6.10. The van der Waals surface area contributed by atoms with Crippen LogP contribution in [0.25, 0.3) is 16.8 Å². The van der Waals surface area contributed by atoms with Crippen LogP contribution >= 0.6 is 0 Å². The van der Waals surface area contributed by atoms with E-state index in [0.29, 0.717) is 17.8 Å². The van der Waals surface area contributed by atoms with Crippen LogP contribution in [-0.2, 0) is 21.7 Å².